The monoisotopic (exact) mass is 245 g/mol. The van der Waals surface area contributed by atoms with Crippen LogP contribution in [0.15, 0.2) is 24.3 Å². The van der Waals surface area contributed by atoms with E-state index in [1.54, 1.807) is 11.3 Å². The molecule has 1 heterocycles. The summed E-state index contributed by atoms with van der Waals surface area (Å²) in [5.41, 5.74) is 3.64. The van der Waals surface area contributed by atoms with Crippen LogP contribution in [0.3, 0.4) is 0 Å². The van der Waals surface area contributed by atoms with Gasteiger partial charge in [-0.3, -0.25) is 0 Å². The summed E-state index contributed by atoms with van der Waals surface area (Å²) in [6.07, 6.45) is 2.37. The second kappa shape index (κ2) is 4.24. The van der Waals surface area contributed by atoms with E-state index in [1.165, 1.54) is 21.7 Å². The largest absolute Gasteiger partial charge is 0.393 e. The van der Waals surface area contributed by atoms with Gasteiger partial charge >= 0.3 is 0 Å². The van der Waals surface area contributed by atoms with Crippen LogP contribution in [0.2, 0.25) is 0 Å². The van der Waals surface area contributed by atoms with Crippen molar-refractivity contribution >= 4 is 11.3 Å². The Hall–Kier alpha value is -1.19. The van der Waals surface area contributed by atoms with Gasteiger partial charge in [0.1, 0.15) is 5.01 Å². The summed E-state index contributed by atoms with van der Waals surface area (Å²) in [5, 5.41) is 10.7. The van der Waals surface area contributed by atoms with Crippen molar-refractivity contribution in [1.82, 2.24) is 4.98 Å². The summed E-state index contributed by atoms with van der Waals surface area (Å²) in [6.45, 7) is 2.10. The van der Waals surface area contributed by atoms with Gasteiger partial charge in [0.25, 0.3) is 0 Å². The Kier molecular flexibility index (Phi) is 2.73. The van der Waals surface area contributed by atoms with Gasteiger partial charge in [0.15, 0.2) is 0 Å². The van der Waals surface area contributed by atoms with Crippen molar-refractivity contribution in [2.45, 2.75) is 32.3 Å². The van der Waals surface area contributed by atoms with Gasteiger partial charge < -0.3 is 5.11 Å². The van der Waals surface area contributed by atoms with Gasteiger partial charge in [-0.25, -0.2) is 4.98 Å². The fourth-order valence-electron chi connectivity index (χ4n) is 2.26. The Balaban J connectivity index is 2.00. The molecule has 3 rings (SSSR count). The molecule has 0 amide bonds. The first-order valence-electron chi connectivity index (χ1n) is 5.96. The molecular formula is C14H15NOS. The van der Waals surface area contributed by atoms with Crippen molar-refractivity contribution in [3.63, 3.8) is 0 Å². The number of aliphatic hydroxyl groups is 1. The number of hydrogen-bond donors (Lipinski definition) is 1. The predicted octanol–water partition coefficient (Wildman–Crippen LogP) is 2.97. The Morgan fingerprint density at radius 3 is 3.12 bits per heavy atom. The van der Waals surface area contributed by atoms with E-state index in [2.05, 4.69) is 31.2 Å². The third kappa shape index (κ3) is 2.13. The van der Waals surface area contributed by atoms with Gasteiger partial charge in [0, 0.05) is 16.9 Å². The molecule has 2 nitrogen and oxygen atoms in total. The summed E-state index contributed by atoms with van der Waals surface area (Å²) in [7, 11) is 0. The molecule has 0 saturated heterocycles. The van der Waals surface area contributed by atoms with Crippen molar-refractivity contribution in [1.29, 1.82) is 0 Å². The minimum absolute atomic E-state index is 0.173. The molecule has 2 aromatic rings. The van der Waals surface area contributed by atoms with Crippen LogP contribution in [0.5, 0.6) is 0 Å². The highest BCUT2D eigenvalue weighted by Crippen LogP contribution is 2.32. The molecule has 88 valence electrons. The highest BCUT2D eigenvalue weighted by Gasteiger charge is 2.21. The lowest BCUT2D eigenvalue weighted by Crippen LogP contribution is -2.17. The maximum absolute atomic E-state index is 9.66. The second-order valence-corrected chi connectivity index (χ2v) is 5.74. The number of aromatic nitrogens is 1. The number of nitrogens with zero attached hydrogens (tertiary/aromatic N) is 1. The van der Waals surface area contributed by atoms with Crippen LogP contribution in [-0.4, -0.2) is 16.2 Å². The van der Waals surface area contributed by atoms with Gasteiger partial charge in [0.2, 0.25) is 0 Å². The molecule has 1 N–H and O–H groups in total. The number of thiazole rings is 1. The van der Waals surface area contributed by atoms with Crippen LogP contribution >= 0.6 is 11.3 Å². The van der Waals surface area contributed by atoms with Gasteiger partial charge in [-0.05, 0) is 25.8 Å². The fourth-order valence-corrected chi connectivity index (χ4v) is 3.43. The molecule has 3 heteroatoms. The average Bonchev–Trinajstić information content (AvgIpc) is 2.72. The van der Waals surface area contributed by atoms with E-state index in [0.29, 0.717) is 0 Å². The van der Waals surface area contributed by atoms with Crippen LogP contribution in [0.1, 0.15) is 22.6 Å². The predicted molar refractivity (Wildman–Crippen MR) is 70.3 cm³/mol. The van der Waals surface area contributed by atoms with Crippen molar-refractivity contribution in [2.24, 2.45) is 0 Å². The Morgan fingerprint density at radius 1 is 1.41 bits per heavy atom. The highest BCUT2D eigenvalue weighted by atomic mass is 32.1. The molecule has 17 heavy (non-hydrogen) atoms. The van der Waals surface area contributed by atoms with E-state index in [0.717, 1.165) is 24.3 Å². The first kappa shape index (κ1) is 10.9. The molecule has 1 aromatic carbocycles. The summed E-state index contributed by atoms with van der Waals surface area (Å²) >= 11 is 1.73. The summed E-state index contributed by atoms with van der Waals surface area (Å²) < 4.78 is 0. The average molecular weight is 245 g/mol. The third-order valence-electron chi connectivity index (χ3n) is 3.18. The number of hydrogen-bond acceptors (Lipinski definition) is 3. The number of rotatable bonds is 1. The number of benzene rings is 1. The smallest absolute Gasteiger partial charge is 0.123 e. The minimum Gasteiger partial charge on any atom is -0.393 e. The van der Waals surface area contributed by atoms with Gasteiger partial charge in [-0.1, -0.05) is 23.8 Å². The second-order valence-electron chi connectivity index (χ2n) is 4.65. The van der Waals surface area contributed by atoms with Crippen LogP contribution in [0.25, 0.3) is 10.6 Å². The summed E-state index contributed by atoms with van der Waals surface area (Å²) in [5.74, 6) is 0. The molecule has 0 fully saturated rings. The fraction of sp³-hybridized carbons (Fsp3) is 0.357. The minimum atomic E-state index is -0.173. The maximum atomic E-state index is 9.66. The van der Waals surface area contributed by atoms with E-state index in [4.69, 9.17) is 4.98 Å². The molecule has 0 bridgehead atoms. The molecule has 0 spiro atoms. The maximum Gasteiger partial charge on any atom is 0.123 e. The quantitative estimate of drug-likeness (QED) is 0.838. The molecule has 1 aliphatic rings. The van der Waals surface area contributed by atoms with Gasteiger partial charge in [-0.15, -0.1) is 11.3 Å². The summed E-state index contributed by atoms with van der Waals surface area (Å²) in [6, 6.07) is 8.44. The lowest BCUT2D eigenvalue weighted by atomic mass is 10.0. The molecule has 1 unspecified atom stereocenters. The Bertz CT molecular complexity index is 547. The molecular weight excluding hydrogens is 230 g/mol. The Labute approximate surface area is 105 Å². The lowest BCUT2D eigenvalue weighted by molar-refractivity contribution is 0.159. The lowest BCUT2D eigenvalue weighted by Gasteiger charge is -2.14. The highest BCUT2D eigenvalue weighted by molar-refractivity contribution is 7.15. The zero-order valence-corrected chi connectivity index (χ0v) is 10.6. The van der Waals surface area contributed by atoms with E-state index in [9.17, 15) is 5.11 Å². The third-order valence-corrected chi connectivity index (χ3v) is 4.35. The van der Waals surface area contributed by atoms with Crippen molar-refractivity contribution in [3.8, 4) is 10.6 Å². The summed E-state index contributed by atoms with van der Waals surface area (Å²) in [4.78, 5) is 5.97. The van der Waals surface area contributed by atoms with Crippen LogP contribution < -0.4 is 0 Å². The molecule has 1 atom stereocenters. The molecule has 0 radical (unpaired) electrons. The molecule has 1 aliphatic carbocycles. The van der Waals surface area contributed by atoms with Crippen LogP contribution in [0, 0.1) is 6.92 Å². The first-order valence-corrected chi connectivity index (χ1v) is 6.78. The topological polar surface area (TPSA) is 33.1 Å². The van der Waals surface area contributed by atoms with Crippen LogP contribution in [-0.2, 0) is 12.8 Å². The van der Waals surface area contributed by atoms with E-state index < -0.39 is 0 Å². The zero-order valence-electron chi connectivity index (χ0n) is 9.81. The SMILES string of the molecule is Cc1cccc(-c2nc3c(s2)CC(O)CC3)c1. The molecule has 0 saturated carbocycles. The number of fused-ring (bicyclic) bond motifs is 1. The van der Waals surface area contributed by atoms with Crippen molar-refractivity contribution in [2.75, 3.05) is 0 Å². The van der Waals surface area contributed by atoms with E-state index >= 15 is 0 Å². The molecule has 0 aliphatic heterocycles. The van der Waals surface area contributed by atoms with Gasteiger partial charge in [-0.2, -0.15) is 0 Å². The zero-order chi connectivity index (χ0) is 11.8. The van der Waals surface area contributed by atoms with E-state index in [-0.39, 0.29) is 6.10 Å². The number of aryl methyl sites for hydroxylation is 2. The van der Waals surface area contributed by atoms with Crippen LogP contribution in [0.4, 0.5) is 0 Å². The van der Waals surface area contributed by atoms with Crippen molar-refractivity contribution in [3.05, 3.63) is 40.4 Å². The number of aliphatic hydroxyl groups excluding tert-OH is 1. The first-order chi connectivity index (χ1) is 8.22. The van der Waals surface area contributed by atoms with Crippen molar-refractivity contribution < 1.29 is 5.11 Å². The van der Waals surface area contributed by atoms with Gasteiger partial charge in [0.05, 0.1) is 11.8 Å². The molecule has 1 aromatic heterocycles. The van der Waals surface area contributed by atoms with E-state index in [1.807, 2.05) is 0 Å². The standard InChI is InChI=1S/C14H15NOS/c1-9-3-2-4-10(7-9)14-15-12-6-5-11(16)8-13(12)17-14/h2-4,7,11,16H,5-6,8H2,1H3. The Morgan fingerprint density at radius 2 is 2.29 bits per heavy atom. The normalized spacial score (nSPS) is 19.1.